The van der Waals surface area contributed by atoms with E-state index in [1.807, 2.05) is 0 Å². The van der Waals surface area contributed by atoms with Crippen LogP contribution in [0.2, 0.25) is 0 Å². The number of hydrogen-bond donors (Lipinski definition) is 1. The van der Waals surface area contributed by atoms with Crippen molar-refractivity contribution in [1.29, 1.82) is 0 Å². The van der Waals surface area contributed by atoms with Crippen LogP contribution in [0.3, 0.4) is 0 Å². The molecule has 2 aliphatic heterocycles. The van der Waals surface area contributed by atoms with Crippen LogP contribution in [0.5, 0.6) is 0 Å². The van der Waals surface area contributed by atoms with Crippen LogP contribution in [0.15, 0.2) is 4.52 Å². The van der Waals surface area contributed by atoms with E-state index in [4.69, 9.17) is 4.52 Å². The number of aromatic nitrogens is 2. The van der Waals surface area contributed by atoms with Crippen LogP contribution in [-0.2, 0) is 13.0 Å². The highest BCUT2D eigenvalue weighted by Crippen LogP contribution is 2.24. The summed E-state index contributed by atoms with van der Waals surface area (Å²) >= 11 is 0. The van der Waals surface area contributed by atoms with Gasteiger partial charge in [-0.1, -0.05) is 19.0 Å². The van der Waals surface area contributed by atoms with E-state index < -0.39 is 0 Å². The van der Waals surface area contributed by atoms with E-state index in [0.717, 1.165) is 50.7 Å². The summed E-state index contributed by atoms with van der Waals surface area (Å²) in [5, 5.41) is 13.6. The fourth-order valence-electron chi connectivity index (χ4n) is 3.90. The van der Waals surface area contributed by atoms with Crippen molar-refractivity contribution < 1.29 is 9.63 Å². The third-order valence-electron chi connectivity index (χ3n) is 5.09. The molecule has 1 aromatic rings. The van der Waals surface area contributed by atoms with Crippen molar-refractivity contribution >= 4 is 0 Å². The fourth-order valence-corrected chi connectivity index (χ4v) is 3.90. The van der Waals surface area contributed by atoms with Crippen LogP contribution in [0.25, 0.3) is 0 Å². The molecule has 0 saturated carbocycles. The van der Waals surface area contributed by atoms with Crippen LogP contribution in [0.4, 0.5) is 0 Å². The summed E-state index contributed by atoms with van der Waals surface area (Å²) in [6, 6.07) is 0.904. The predicted molar refractivity (Wildman–Crippen MR) is 88.0 cm³/mol. The van der Waals surface area contributed by atoms with Gasteiger partial charge in [0.2, 0.25) is 5.89 Å². The first-order chi connectivity index (χ1) is 11.2. The molecule has 0 amide bonds. The van der Waals surface area contributed by atoms with Crippen LogP contribution >= 0.6 is 0 Å². The van der Waals surface area contributed by atoms with Crippen molar-refractivity contribution in [3.63, 3.8) is 0 Å². The minimum absolute atomic E-state index is 0.287. The number of aliphatic hydroxyl groups is 1. The van der Waals surface area contributed by atoms with Gasteiger partial charge < -0.3 is 9.63 Å². The fraction of sp³-hybridized carbons (Fsp3) is 0.882. The molecule has 0 bridgehead atoms. The number of nitrogens with zero attached hydrogens (tertiary/aromatic N) is 4. The van der Waals surface area contributed by atoms with Crippen LogP contribution in [0, 0.1) is 5.92 Å². The maximum Gasteiger partial charge on any atom is 0.240 e. The highest BCUT2D eigenvalue weighted by Gasteiger charge is 2.31. The van der Waals surface area contributed by atoms with Gasteiger partial charge in [-0.3, -0.25) is 9.80 Å². The van der Waals surface area contributed by atoms with E-state index in [0.29, 0.717) is 18.0 Å². The lowest BCUT2D eigenvalue weighted by Crippen LogP contribution is -2.43. The summed E-state index contributed by atoms with van der Waals surface area (Å²) < 4.78 is 5.43. The Morgan fingerprint density at radius 3 is 2.65 bits per heavy atom. The summed E-state index contributed by atoms with van der Waals surface area (Å²) in [6.07, 6.45) is 5.67. The molecular weight excluding hydrogens is 292 g/mol. The zero-order valence-corrected chi connectivity index (χ0v) is 14.4. The largest absolute Gasteiger partial charge is 0.395 e. The first-order valence-electron chi connectivity index (χ1n) is 9.06. The Morgan fingerprint density at radius 1 is 1.17 bits per heavy atom. The predicted octanol–water partition coefficient (Wildman–Crippen LogP) is 1.69. The lowest BCUT2D eigenvalue weighted by atomic mass is 10.1. The lowest BCUT2D eigenvalue weighted by Gasteiger charge is -2.30. The Labute approximate surface area is 138 Å². The van der Waals surface area contributed by atoms with Crippen molar-refractivity contribution in [2.24, 2.45) is 5.92 Å². The second-order valence-electron chi connectivity index (χ2n) is 7.44. The molecule has 3 heterocycles. The topological polar surface area (TPSA) is 65.6 Å². The lowest BCUT2D eigenvalue weighted by molar-refractivity contribution is 0.115. The van der Waals surface area contributed by atoms with Gasteiger partial charge in [0.25, 0.3) is 0 Å². The molecule has 3 rings (SSSR count). The maximum atomic E-state index is 9.50. The van der Waals surface area contributed by atoms with E-state index in [9.17, 15) is 5.11 Å². The highest BCUT2D eigenvalue weighted by molar-refractivity contribution is 4.92. The molecule has 0 aromatic carbocycles. The normalized spacial score (nSPS) is 26.6. The average molecular weight is 322 g/mol. The van der Waals surface area contributed by atoms with Crippen molar-refractivity contribution in [3.8, 4) is 0 Å². The maximum absolute atomic E-state index is 9.50. The molecule has 0 unspecified atom stereocenters. The Kier molecular flexibility index (Phi) is 5.67. The van der Waals surface area contributed by atoms with E-state index in [1.54, 1.807) is 0 Å². The average Bonchev–Trinajstić information content (AvgIpc) is 3.22. The number of rotatable bonds is 7. The summed E-state index contributed by atoms with van der Waals surface area (Å²) in [5.41, 5.74) is 0. The molecule has 2 atom stereocenters. The Morgan fingerprint density at radius 2 is 1.91 bits per heavy atom. The summed E-state index contributed by atoms with van der Waals surface area (Å²) in [5.74, 6) is 2.11. The summed E-state index contributed by atoms with van der Waals surface area (Å²) in [4.78, 5) is 9.47. The number of aliphatic hydroxyl groups excluding tert-OH is 1. The molecule has 6 nitrogen and oxygen atoms in total. The van der Waals surface area contributed by atoms with E-state index in [2.05, 4.69) is 33.8 Å². The van der Waals surface area contributed by atoms with Gasteiger partial charge in [-0.25, -0.2) is 0 Å². The Balaban J connectivity index is 1.55. The molecule has 130 valence electrons. The van der Waals surface area contributed by atoms with Gasteiger partial charge >= 0.3 is 0 Å². The zero-order valence-electron chi connectivity index (χ0n) is 14.4. The number of hydrogen-bond acceptors (Lipinski definition) is 6. The number of likely N-dealkylation sites (tertiary alicyclic amines) is 2. The first kappa shape index (κ1) is 16.9. The monoisotopic (exact) mass is 322 g/mol. The van der Waals surface area contributed by atoms with Gasteiger partial charge in [0.15, 0.2) is 5.82 Å². The third-order valence-corrected chi connectivity index (χ3v) is 5.09. The van der Waals surface area contributed by atoms with Crippen molar-refractivity contribution in [2.75, 3.05) is 26.2 Å². The van der Waals surface area contributed by atoms with Crippen LogP contribution < -0.4 is 0 Å². The summed E-state index contributed by atoms with van der Waals surface area (Å²) in [6.45, 7) is 8.65. The van der Waals surface area contributed by atoms with Gasteiger partial charge in [-0.15, -0.1) is 0 Å². The molecule has 2 fully saturated rings. The van der Waals surface area contributed by atoms with E-state index >= 15 is 0 Å². The summed E-state index contributed by atoms with van der Waals surface area (Å²) in [7, 11) is 0. The molecule has 6 heteroatoms. The van der Waals surface area contributed by atoms with Gasteiger partial charge in [-0.05, 0) is 44.7 Å². The van der Waals surface area contributed by atoms with Crippen molar-refractivity contribution in [2.45, 2.75) is 64.6 Å². The zero-order chi connectivity index (χ0) is 16.2. The molecule has 1 N–H and O–H groups in total. The molecule has 0 radical (unpaired) electrons. The second-order valence-corrected chi connectivity index (χ2v) is 7.44. The van der Waals surface area contributed by atoms with Crippen LogP contribution in [0.1, 0.15) is 51.2 Å². The standard InChI is InChI=1S/C17H30N4O2/c1-13(2)9-16-18-17(23-19-16)11-21-8-3-5-14(21)10-20-7-4-6-15(20)12-22/h13-15,22H,3-12H2,1-2H3/t14-,15-/m1/s1. The first-order valence-corrected chi connectivity index (χ1v) is 9.06. The van der Waals surface area contributed by atoms with Gasteiger partial charge in [-0.2, -0.15) is 4.98 Å². The van der Waals surface area contributed by atoms with E-state index in [1.165, 1.54) is 19.3 Å². The third kappa shape index (κ3) is 4.31. The van der Waals surface area contributed by atoms with Gasteiger partial charge in [0, 0.05) is 25.0 Å². The quantitative estimate of drug-likeness (QED) is 0.824. The minimum atomic E-state index is 0.287. The molecular formula is C17H30N4O2. The van der Waals surface area contributed by atoms with E-state index in [-0.39, 0.29) is 6.61 Å². The minimum Gasteiger partial charge on any atom is -0.395 e. The molecule has 2 aliphatic rings. The van der Waals surface area contributed by atoms with Gasteiger partial charge in [0.05, 0.1) is 13.2 Å². The molecule has 23 heavy (non-hydrogen) atoms. The second kappa shape index (κ2) is 7.73. The molecule has 2 saturated heterocycles. The van der Waals surface area contributed by atoms with Crippen molar-refractivity contribution in [1.82, 2.24) is 19.9 Å². The molecule has 0 spiro atoms. The van der Waals surface area contributed by atoms with Crippen molar-refractivity contribution in [3.05, 3.63) is 11.7 Å². The van der Waals surface area contributed by atoms with Gasteiger partial charge in [0.1, 0.15) is 0 Å². The molecule has 1 aromatic heterocycles. The smallest absolute Gasteiger partial charge is 0.240 e. The SMILES string of the molecule is CC(C)Cc1noc(CN2CCC[C@@H]2CN2CCC[C@@H]2CO)n1. The Hall–Kier alpha value is -0.980. The van der Waals surface area contributed by atoms with Crippen LogP contribution in [-0.4, -0.2) is 63.4 Å². The highest BCUT2D eigenvalue weighted by atomic mass is 16.5. The Bertz CT molecular complexity index is 491. The molecule has 0 aliphatic carbocycles.